The van der Waals surface area contributed by atoms with Crippen molar-refractivity contribution in [1.29, 1.82) is 0 Å². The lowest BCUT2D eigenvalue weighted by Gasteiger charge is -2.14. The third-order valence-corrected chi connectivity index (χ3v) is 3.44. The molecule has 1 aliphatic carbocycles. The molecular weight excluding hydrogens is 274 g/mol. The second-order valence-corrected chi connectivity index (χ2v) is 5.17. The second kappa shape index (κ2) is 6.53. The van der Waals surface area contributed by atoms with Crippen molar-refractivity contribution in [2.45, 2.75) is 38.3 Å². The molecule has 0 spiro atoms. The molecule has 1 unspecified atom stereocenters. The average Bonchev–Trinajstić information content (AvgIpc) is 3.28. The number of nitrogens with one attached hydrogen (secondary N) is 2. The highest BCUT2D eigenvalue weighted by atomic mass is 16.6. The Bertz CT molecular complexity index is 539. The number of aliphatic hydroxyl groups is 1. The first-order valence-electron chi connectivity index (χ1n) is 7.01. The van der Waals surface area contributed by atoms with Gasteiger partial charge in [0.25, 0.3) is 11.6 Å². The van der Waals surface area contributed by atoms with Gasteiger partial charge in [-0.25, -0.2) is 0 Å². The van der Waals surface area contributed by atoms with Gasteiger partial charge >= 0.3 is 0 Å². The topological polar surface area (TPSA) is 104 Å². The maximum absolute atomic E-state index is 12.0. The van der Waals surface area contributed by atoms with E-state index in [0.29, 0.717) is 18.2 Å². The monoisotopic (exact) mass is 293 g/mol. The normalized spacial score (nSPS) is 15.3. The molecule has 0 aromatic heterocycles. The Hall–Kier alpha value is -2.15. The van der Waals surface area contributed by atoms with Crippen LogP contribution in [0.1, 0.15) is 36.5 Å². The van der Waals surface area contributed by atoms with E-state index in [0.717, 1.165) is 12.8 Å². The van der Waals surface area contributed by atoms with Crippen LogP contribution in [0.4, 0.5) is 11.4 Å². The van der Waals surface area contributed by atoms with Gasteiger partial charge in [0.05, 0.1) is 17.6 Å². The van der Waals surface area contributed by atoms with Crippen LogP contribution < -0.4 is 10.6 Å². The highest BCUT2D eigenvalue weighted by Crippen LogP contribution is 2.31. The Morgan fingerprint density at radius 1 is 1.52 bits per heavy atom. The quantitative estimate of drug-likeness (QED) is 0.524. The summed E-state index contributed by atoms with van der Waals surface area (Å²) in [5, 5.41) is 25.9. The summed E-state index contributed by atoms with van der Waals surface area (Å²) in [6, 6.07) is 4.33. The van der Waals surface area contributed by atoms with E-state index < -0.39 is 10.8 Å². The van der Waals surface area contributed by atoms with Gasteiger partial charge in [-0.05, 0) is 31.4 Å². The number of hydrogen-bond acceptors (Lipinski definition) is 5. The molecule has 1 amide bonds. The summed E-state index contributed by atoms with van der Waals surface area (Å²) < 4.78 is 0. The summed E-state index contributed by atoms with van der Waals surface area (Å²) >= 11 is 0. The minimum Gasteiger partial charge on any atom is -0.394 e. The smallest absolute Gasteiger partial charge is 0.293 e. The largest absolute Gasteiger partial charge is 0.394 e. The number of carbonyl (C=O) groups excluding carboxylic acids is 1. The Labute approximate surface area is 122 Å². The maximum Gasteiger partial charge on any atom is 0.293 e. The van der Waals surface area contributed by atoms with Gasteiger partial charge in [-0.2, -0.15) is 0 Å². The Morgan fingerprint density at radius 3 is 2.76 bits per heavy atom. The number of nitro groups is 1. The van der Waals surface area contributed by atoms with Crippen LogP contribution in [0.15, 0.2) is 18.2 Å². The highest BCUT2D eigenvalue weighted by Gasteiger charge is 2.25. The molecule has 7 nitrogen and oxygen atoms in total. The van der Waals surface area contributed by atoms with Crippen molar-refractivity contribution < 1.29 is 14.8 Å². The van der Waals surface area contributed by atoms with E-state index in [1.807, 2.05) is 6.92 Å². The number of amides is 1. The molecule has 0 bridgehead atoms. The summed E-state index contributed by atoms with van der Waals surface area (Å²) in [6.07, 6.45) is 2.60. The van der Waals surface area contributed by atoms with Crippen LogP contribution in [-0.2, 0) is 0 Å². The molecule has 2 rings (SSSR count). The lowest BCUT2D eigenvalue weighted by atomic mass is 10.1. The van der Waals surface area contributed by atoms with Crippen LogP contribution >= 0.6 is 0 Å². The predicted molar refractivity (Wildman–Crippen MR) is 78.4 cm³/mol. The number of anilines is 1. The van der Waals surface area contributed by atoms with Gasteiger partial charge in [0.15, 0.2) is 0 Å². The number of nitro benzene ring substituents is 1. The third-order valence-electron chi connectivity index (χ3n) is 3.44. The average molecular weight is 293 g/mol. The Kier molecular flexibility index (Phi) is 4.74. The molecule has 0 saturated heterocycles. The summed E-state index contributed by atoms with van der Waals surface area (Å²) in [4.78, 5) is 22.7. The first-order chi connectivity index (χ1) is 10.0. The van der Waals surface area contributed by atoms with Crippen molar-refractivity contribution in [2.24, 2.45) is 0 Å². The van der Waals surface area contributed by atoms with E-state index in [9.17, 15) is 14.9 Å². The molecule has 0 heterocycles. The molecule has 0 aliphatic heterocycles. The minimum absolute atomic E-state index is 0.105. The molecule has 0 radical (unpaired) electrons. The van der Waals surface area contributed by atoms with Crippen molar-refractivity contribution in [3.05, 3.63) is 33.9 Å². The highest BCUT2D eigenvalue weighted by molar-refractivity contribution is 5.96. The molecule has 1 aromatic rings. The van der Waals surface area contributed by atoms with E-state index >= 15 is 0 Å². The first-order valence-corrected chi connectivity index (χ1v) is 7.01. The van der Waals surface area contributed by atoms with Crippen molar-refractivity contribution >= 4 is 17.3 Å². The fraction of sp³-hybridized carbons (Fsp3) is 0.500. The summed E-state index contributed by atoms with van der Waals surface area (Å²) in [5.41, 5.74) is 0.551. The van der Waals surface area contributed by atoms with Crippen LogP contribution in [0.3, 0.4) is 0 Å². The standard InChI is InChI=1S/C14H19N3O4/c1-2-10(8-18)16-14(19)9-3-6-12(15-11-4-5-11)13(7-9)17(20)21/h3,6-7,10-11,15,18H,2,4-5,8H2,1H3,(H,16,19). The zero-order chi connectivity index (χ0) is 15.4. The zero-order valence-electron chi connectivity index (χ0n) is 11.8. The Morgan fingerprint density at radius 2 is 2.24 bits per heavy atom. The van der Waals surface area contributed by atoms with Crippen LogP contribution in [0.5, 0.6) is 0 Å². The van der Waals surface area contributed by atoms with Gasteiger partial charge in [0.1, 0.15) is 5.69 Å². The number of carbonyl (C=O) groups is 1. The van der Waals surface area contributed by atoms with Crippen molar-refractivity contribution in [3.63, 3.8) is 0 Å². The first kappa shape index (κ1) is 15.2. The zero-order valence-corrected chi connectivity index (χ0v) is 11.8. The summed E-state index contributed by atoms with van der Waals surface area (Å²) in [6.45, 7) is 1.68. The maximum atomic E-state index is 12.0. The fourth-order valence-electron chi connectivity index (χ4n) is 1.94. The van der Waals surface area contributed by atoms with Gasteiger partial charge in [-0.15, -0.1) is 0 Å². The molecule has 1 atom stereocenters. The molecular formula is C14H19N3O4. The number of nitrogens with zero attached hydrogens (tertiary/aromatic N) is 1. The predicted octanol–water partition coefficient (Wildman–Crippen LogP) is 1.67. The van der Waals surface area contributed by atoms with Crippen LogP contribution in [0.25, 0.3) is 0 Å². The van der Waals surface area contributed by atoms with E-state index in [1.165, 1.54) is 6.07 Å². The number of benzene rings is 1. The molecule has 1 aliphatic rings. The van der Waals surface area contributed by atoms with E-state index in [4.69, 9.17) is 5.11 Å². The number of rotatable bonds is 7. The molecule has 1 aromatic carbocycles. The molecule has 3 N–H and O–H groups in total. The van der Waals surface area contributed by atoms with Crippen LogP contribution in [-0.4, -0.2) is 34.6 Å². The SMILES string of the molecule is CCC(CO)NC(=O)c1ccc(NC2CC2)c([N+](=O)[O-])c1. The van der Waals surface area contributed by atoms with Crippen LogP contribution in [0.2, 0.25) is 0 Å². The van der Waals surface area contributed by atoms with Gasteiger partial charge in [-0.3, -0.25) is 14.9 Å². The molecule has 1 saturated carbocycles. The van der Waals surface area contributed by atoms with E-state index in [2.05, 4.69) is 10.6 Å². The van der Waals surface area contributed by atoms with Crippen molar-refractivity contribution in [1.82, 2.24) is 5.32 Å². The van der Waals surface area contributed by atoms with Gasteiger partial charge in [-0.1, -0.05) is 6.92 Å². The molecule has 21 heavy (non-hydrogen) atoms. The summed E-state index contributed by atoms with van der Waals surface area (Å²) in [5.74, 6) is -0.419. The molecule has 114 valence electrons. The van der Waals surface area contributed by atoms with Gasteiger partial charge < -0.3 is 15.7 Å². The van der Waals surface area contributed by atoms with Crippen molar-refractivity contribution in [3.8, 4) is 0 Å². The van der Waals surface area contributed by atoms with E-state index in [-0.39, 0.29) is 23.9 Å². The Balaban J connectivity index is 2.18. The van der Waals surface area contributed by atoms with E-state index in [1.54, 1.807) is 12.1 Å². The number of hydrogen-bond donors (Lipinski definition) is 3. The minimum atomic E-state index is -0.495. The fourth-order valence-corrected chi connectivity index (χ4v) is 1.94. The lowest BCUT2D eigenvalue weighted by molar-refractivity contribution is -0.384. The van der Waals surface area contributed by atoms with Gasteiger partial charge in [0, 0.05) is 17.7 Å². The second-order valence-electron chi connectivity index (χ2n) is 5.17. The molecule has 1 fully saturated rings. The van der Waals surface area contributed by atoms with Gasteiger partial charge in [0.2, 0.25) is 0 Å². The third kappa shape index (κ3) is 3.91. The van der Waals surface area contributed by atoms with Crippen LogP contribution in [0, 0.1) is 10.1 Å². The van der Waals surface area contributed by atoms with Crippen molar-refractivity contribution in [2.75, 3.05) is 11.9 Å². The molecule has 7 heteroatoms. The lowest BCUT2D eigenvalue weighted by Crippen LogP contribution is -2.36. The summed E-state index contributed by atoms with van der Waals surface area (Å²) in [7, 11) is 0. The number of aliphatic hydroxyl groups excluding tert-OH is 1.